The molecule has 5 nitrogen and oxygen atoms in total. The number of ether oxygens (including phenoxy) is 2. The Morgan fingerprint density at radius 3 is 2.72 bits per heavy atom. The Morgan fingerprint density at radius 1 is 1.21 bits per heavy atom. The third kappa shape index (κ3) is 4.87. The van der Waals surface area contributed by atoms with Crippen LogP contribution < -0.4 is 14.9 Å². The number of halogens is 1. The molecule has 1 amide bonds. The van der Waals surface area contributed by atoms with Crippen LogP contribution in [0.1, 0.15) is 36.2 Å². The minimum absolute atomic E-state index is 0.0147. The van der Waals surface area contributed by atoms with Crippen LogP contribution in [0.5, 0.6) is 11.5 Å². The Morgan fingerprint density at radius 2 is 1.97 bits per heavy atom. The van der Waals surface area contributed by atoms with E-state index in [9.17, 15) is 4.79 Å². The summed E-state index contributed by atoms with van der Waals surface area (Å²) >= 11 is 6.36. The first-order chi connectivity index (χ1) is 14.0. The standard InChI is InChI=1S/C23H23ClN2O3/c1-4-15(2)29-22-20(24)12-16(13-21(22)28-3)14-25-26-23(27)19-11-7-9-17-8-5-6-10-18(17)19/h5-15H,4H2,1-3H3,(H,26,27)/b25-14-/t15-/m0/s1. The lowest BCUT2D eigenvalue weighted by molar-refractivity contribution is 0.0957. The van der Waals surface area contributed by atoms with E-state index >= 15 is 0 Å². The predicted molar refractivity (Wildman–Crippen MR) is 117 cm³/mol. The first kappa shape index (κ1) is 20.7. The molecule has 0 aliphatic rings. The number of benzene rings is 3. The van der Waals surface area contributed by atoms with Crippen molar-refractivity contribution in [3.8, 4) is 11.5 Å². The topological polar surface area (TPSA) is 59.9 Å². The summed E-state index contributed by atoms with van der Waals surface area (Å²) in [6, 6.07) is 16.8. The molecule has 3 aromatic carbocycles. The van der Waals surface area contributed by atoms with Crippen molar-refractivity contribution >= 4 is 34.5 Å². The van der Waals surface area contributed by atoms with E-state index in [2.05, 4.69) is 10.5 Å². The second-order valence-electron chi connectivity index (χ2n) is 6.60. The van der Waals surface area contributed by atoms with Crippen LogP contribution in [0, 0.1) is 0 Å². The average Bonchev–Trinajstić information content (AvgIpc) is 2.74. The third-order valence-electron chi connectivity index (χ3n) is 4.56. The summed E-state index contributed by atoms with van der Waals surface area (Å²) in [4.78, 5) is 12.6. The highest BCUT2D eigenvalue weighted by molar-refractivity contribution is 6.32. The van der Waals surface area contributed by atoms with Gasteiger partial charge in [0.25, 0.3) is 5.91 Å². The number of amides is 1. The first-order valence-electron chi connectivity index (χ1n) is 9.38. The molecule has 0 saturated heterocycles. The fraction of sp³-hybridized carbons (Fsp3) is 0.217. The highest BCUT2D eigenvalue weighted by Gasteiger charge is 2.14. The fourth-order valence-corrected chi connectivity index (χ4v) is 3.13. The van der Waals surface area contributed by atoms with E-state index in [1.165, 1.54) is 6.21 Å². The van der Waals surface area contributed by atoms with Crippen molar-refractivity contribution in [2.45, 2.75) is 26.4 Å². The smallest absolute Gasteiger partial charge is 0.271 e. The molecule has 150 valence electrons. The molecule has 3 aromatic rings. The molecule has 0 heterocycles. The maximum absolute atomic E-state index is 12.6. The summed E-state index contributed by atoms with van der Waals surface area (Å²) in [5, 5.41) is 6.36. The second-order valence-corrected chi connectivity index (χ2v) is 7.00. The molecule has 0 aliphatic heterocycles. The lowest BCUT2D eigenvalue weighted by Gasteiger charge is -2.17. The summed E-state index contributed by atoms with van der Waals surface area (Å²) in [6.45, 7) is 4.00. The van der Waals surface area contributed by atoms with E-state index in [1.807, 2.05) is 50.2 Å². The summed E-state index contributed by atoms with van der Waals surface area (Å²) in [5.74, 6) is 0.730. The number of carbonyl (C=O) groups excluding carboxylic acids is 1. The van der Waals surface area contributed by atoms with Gasteiger partial charge >= 0.3 is 0 Å². The number of fused-ring (bicyclic) bond motifs is 1. The lowest BCUT2D eigenvalue weighted by atomic mass is 10.0. The Labute approximate surface area is 175 Å². The highest BCUT2D eigenvalue weighted by atomic mass is 35.5. The fourth-order valence-electron chi connectivity index (χ4n) is 2.86. The number of hydrogen-bond acceptors (Lipinski definition) is 4. The van der Waals surface area contributed by atoms with E-state index in [1.54, 1.807) is 25.3 Å². The van der Waals surface area contributed by atoms with Crippen LogP contribution in [0.25, 0.3) is 10.8 Å². The Kier molecular flexibility index (Phi) is 6.73. The van der Waals surface area contributed by atoms with Gasteiger partial charge in [-0.1, -0.05) is 54.9 Å². The first-order valence-corrected chi connectivity index (χ1v) is 9.76. The predicted octanol–water partition coefficient (Wildman–Crippen LogP) is 5.44. The van der Waals surface area contributed by atoms with Gasteiger partial charge in [-0.05, 0) is 47.9 Å². The molecule has 0 radical (unpaired) electrons. The number of nitrogens with one attached hydrogen (secondary N) is 1. The van der Waals surface area contributed by atoms with Crippen LogP contribution in [-0.4, -0.2) is 25.3 Å². The number of rotatable bonds is 7. The minimum Gasteiger partial charge on any atom is -0.493 e. The number of carbonyl (C=O) groups is 1. The number of hydrogen-bond donors (Lipinski definition) is 1. The van der Waals surface area contributed by atoms with Crippen LogP contribution in [0.2, 0.25) is 5.02 Å². The summed E-state index contributed by atoms with van der Waals surface area (Å²) in [7, 11) is 1.55. The van der Waals surface area contributed by atoms with Gasteiger partial charge in [-0.15, -0.1) is 0 Å². The Hall–Kier alpha value is -3.05. The summed E-state index contributed by atoms with van der Waals surface area (Å²) in [5.41, 5.74) is 3.81. The van der Waals surface area contributed by atoms with Crippen LogP contribution in [0.15, 0.2) is 59.7 Å². The van der Waals surface area contributed by atoms with E-state index in [4.69, 9.17) is 21.1 Å². The maximum atomic E-state index is 12.6. The van der Waals surface area contributed by atoms with Gasteiger partial charge < -0.3 is 9.47 Å². The zero-order valence-electron chi connectivity index (χ0n) is 16.6. The van der Waals surface area contributed by atoms with Gasteiger partial charge in [0.15, 0.2) is 11.5 Å². The summed E-state index contributed by atoms with van der Waals surface area (Å²) in [6.07, 6.45) is 2.38. The van der Waals surface area contributed by atoms with Crippen molar-refractivity contribution in [2.24, 2.45) is 5.10 Å². The molecular formula is C23H23ClN2O3. The summed E-state index contributed by atoms with van der Waals surface area (Å²) < 4.78 is 11.2. The van der Waals surface area contributed by atoms with Gasteiger partial charge in [-0.25, -0.2) is 5.43 Å². The van der Waals surface area contributed by atoms with Crippen molar-refractivity contribution < 1.29 is 14.3 Å². The zero-order valence-corrected chi connectivity index (χ0v) is 17.4. The molecule has 0 bridgehead atoms. The molecule has 1 atom stereocenters. The Bertz CT molecular complexity index is 1040. The molecule has 6 heteroatoms. The molecule has 0 spiro atoms. The van der Waals surface area contributed by atoms with Gasteiger partial charge in [0.2, 0.25) is 0 Å². The van der Waals surface area contributed by atoms with E-state index in [0.717, 1.165) is 17.2 Å². The van der Waals surface area contributed by atoms with Gasteiger partial charge in [0.05, 0.1) is 24.5 Å². The normalized spacial score (nSPS) is 12.1. The molecule has 1 N–H and O–H groups in total. The molecule has 0 saturated carbocycles. The zero-order chi connectivity index (χ0) is 20.8. The van der Waals surface area contributed by atoms with Crippen molar-refractivity contribution in [3.05, 3.63) is 70.7 Å². The molecule has 0 aromatic heterocycles. The maximum Gasteiger partial charge on any atom is 0.271 e. The minimum atomic E-state index is -0.284. The molecular weight excluding hydrogens is 388 g/mol. The van der Waals surface area contributed by atoms with Crippen molar-refractivity contribution in [3.63, 3.8) is 0 Å². The quantitative estimate of drug-likeness (QED) is 0.416. The van der Waals surface area contributed by atoms with Crippen LogP contribution in [0.3, 0.4) is 0 Å². The van der Waals surface area contributed by atoms with Gasteiger partial charge in [-0.3, -0.25) is 4.79 Å². The van der Waals surface area contributed by atoms with Gasteiger partial charge in [-0.2, -0.15) is 5.10 Å². The van der Waals surface area contributed by atoms with Gasteiger partial charge in [0, 0.05) is 5.56 Å². The number of methoxy groups -OCH3 is 1. The van der Waals surface area contributed by atoms with Crippen LogP contribution in [0.4, 0.5) is 0 Å². The SMILES string of the molecule is CC[C@H](C)Oc1c(Cl)cc(/C=N\NC(=O)c2cccc3ccccc23)cc1OC. The van der Waals surface area contributed by atoms with E-state index in [0.29, 0.717) is 27.6 Å². The molecule has 3 rings (SSSR count). The highest BCUT2D eigenvalue weighted by Crippen LogP contribution is 2.37. The Balaban J connectivity index is 1.77. The van der Waals surface area contributed by atoms with E-state index in [-0.39, 0.29) is 12.0 Å². The van der Waals surface area contributed by atoms with E-state index < -0.39 is 0 Å². The molecule has 0 aliphatic carbocycles. The number of hydrazone groups is 1. The van der Waals surface area contributed by atoms with Crippen LogP contribution >= 0.6 is 11.6 Å². The lowest BCUT2D eigenvalue weighted by Crippen LogP contribution is -2.18. The third-order valence-corrected chi connectivity index (χ3v) is 4.84. The van der Waals surface area contributed by atoms with Crippen molar-refractivity contribution in [1.82, 2.24) is 5.43 Å². The monoisotopic (exact) mass is 410 g/mol. The molecule has 0 fully saturated rings. The van der Waals surface area contributed by atoms with Crippen molar-refractivity contribution in [2.75, 3.05) is 7.11 Å². The average molecular weight is 411 g/mol. The van der Waals surface area contributed by atoms with Crippen molar-refractivity contribution in [1.29, 1.82) is 0 Å². The largest absolute Gasteiger partial charge is 0.493 e. The second kappa shape index (κ2) is 9.43. The van der Waals surface area contributed by atoms with Gasteiger partial charge in [0.1, 0.15) is 0 Å². The molecule has 0 unspecified atom stereocenters. The number of nitrogens with zero attached hydrogens (tertiary/aromatic N) is 1. The van der Waals surface area contributed by atoms with Crippen LogP contribution in [-0.2, 0) is 0 Å². The molecule has 29 heavy (non-hydrogen) atoms.